The van der Waals surface area contributed by atoms with Crippen LogP contribution in [0.3, 0.4) is 0 Å². The minimum Gasteiger partial charge on any atom is -0.487 e. The van der Waals surface area contributed by atoms with E-state index in [1.807, 2.05) is 31.2 Å². The molecule has 0 spiro atoms. The SMILES string of the molecule is Cc1ccc(OC2CN(C(=O)NCC(C)O)C2)cc1. The summed E-state index contributed by atoms with van der Waals surface area (Å²) >= 11 is 0. The van der Waals surface area contributed by atoms with Gasteiger partial charge in [-0.2, -0.15) is 0 Å². The summed E-state index contributed by atoms with van der Waals surface area (Å²) in [6.45, 7) is 5.11. The van der Waals surface area contributed by atoms with Crippen LogP contribution in [0.4, 0.5) is 4.79 Å². The highest BCUT2D eigenvalue weighted by Gasteiger charge is 2.32. The number of aryl methyl sites for hydroxylation is 1. The van der Waals surface area contributed by atoms with Gasteiger partial charge in [-0.15, -0.1) is 0 Å². The molecule has 1 saturated heterocycles. The van der Waals surface area contributed by atoms with Gasteiger partial charge >= 0.3 is 6.03 Å². The third-order valence-corrected chi connectivity index (χ3v) is 3.01. The Balaban J connectivity index is 1.71. The predicted octanol–water partition coefficient (Wildman–Crippen LogP) is 1.15. The number of ether oxygens (including phenoxy) is 1. The summed E-state index contributed by atoms with van der Waals surface area (Å²) in [6.07, 6.45) is -0.468. The molecule has 2 N–H and O–H groups in total. The van der Waals surface area contributed by atoms with Crippen molar-refractivity contribution in [1.29, 1.82) is 0 Å². The van der Waals surface area contributed by atoms with Gasteiger partial charge in [0.25, 0.3) is 0 Å². The minimum absolute atomic E-state index is 0.0556. The number of urea groups is 1. The summed E-state index contributed by atoms with van der Waals surface area (Å²) in [5.41, 5.74) is 1.19. The lowest BCUT2D eigenvalue weighted by atomic mass is 10.2. The van der Waals surface area contributed by atoms with Crippen molar-refractivity contribution in [3.8, 4) is 5.75 Å². The summed E-state index contributed by atoms with van der Waals surface area (Å²) < 4.78 is 5.74. The molecule has 1 fully saturated rings. The summed E-state index contributed by atoms with van der Waals surface area (Å²) in [4.78, 5) is 13.3. The zero-order valence-corrected chi connectivity index (χ0v) is 11.3. The molecule has 19 heavy (non-hydrogen) atoms. The Hall–Kier alpha value is -1.75. The number of likely N-dealkylation sites (tertiary alicyclic amines) is 1. The minimum atomic E-state index is -0.523. The van der Waals surface area contributed by atoms with E-state index in [4.69, 9.17) is 9.84 Å². The monoisotopic (exact) mass is 264 g/mol. The van der Waals surface area contributed by atoms with E-state index < -0.39 is 6.10 Å². The van der Waals surface area contributed by atoms with Gasteiger partial charge < -0.3 is 20.1 Å². The number of hydrogen-bond acceptors (Lipinski definition) is 3. The molecule has 0 aliphatic carbocycles. The van der Waals surface area contributed by atoms with Crippen molar-refractivity contribution in [3.63, 3.8) is 0 Å². The van der Waals surface area contributed by atoms with E-state index in [-0.39, 0.29) is 18.7 Å². The van der Waals surface area contributed by atoms with Gasteiger partial charge in [0, 0.05) is 6.54 Å². The molecule has 1 aromatic rings. The first kappa shape index (κ1) is 13.7. The Morgan fingerprint density at radius 2 is 2.11 bits per heavy atom. The van der Waals surface area contributed by atoms with Crippen molar-refractivity contribution in [2.45, 2.75) is 26.1 Å². The number of hydrogen-bond donors (Lipinski definition) is 2. The molecule has 5 nitrogen and oxygen atoms in total. The Morgan fingerprint density at radius 1 is 1.47 bits per heavy atom. The second-order valence-electron chi connectivity index (χ2n) is 4.99. The van der Waals surface area contributed by atoms with Crippen LogP contribution >= 0.6 is 0 Å². The van der Waals surface area contributed by atoms with E-state index in [9.17, 15) is 4.79 Å². The highest BCUT2D eigenvalue weighted by molar-refractivity contribution is 5.75. The number of carbonyl (C=O) groups is 1. The lowest BCUT2D eigenvalue weighted by Crippen LogP contribution is -2.59. The molecule has 2 rings (SSSR count). The van der Waals surface area contributed by atoms with Crippen LogP contribution in [0.1, 0.15) is 12.5 Å². The fourth-order valence-corrected chi connectivity index (χ4v) is 1.83. The van der Waals surface area contributed by atoms with Crippen LogP contribution in [-0.4, -0.2) is 47.9 Å². The van der Waals surface area contributed by atoms with Crippen molar-refractivity contribution < 1.29 is 14.6 Å². The van der Waals surface area contributed by atoms with E-state index in [2.05, 4.69) is 5.32 Å². The highest BCUT2D eigenvalue weighted by atomic mass is 16.5. The molecule has 1 atom stereocenters. The summed E-state index contributed by atoms with van der Waals surface area (Å²) in [7, 11) is 0. The van der Waals surface area contributed by atoms with Crippen molar-refractivity contribution in [3.05, 3.63) is 29.8 Å². The van der Waals surface area contributed by atoms with Crippen molar-refractivity contribution >= 4 is 6.03 Å². The molecule has 1 aliphatic rings. The molecule has 0 radical (unpaired) electrons. The number of aliphatic hydroxyl groups excluding tert-OH is 1. The fourth-order valence-electron chi connectivity index (χ4n) is 1.83. The quantitative estimate of drug-likeness (QED) is 0.857. The van der Waals surface area contributed by atoms with Crippen LogP contribution < -0.4 is 10.1 Å². The number of nitrogens with one attached hydrogen (secondary N) is 1. The molecule has 1 heterocycles. The molecule has 1 unspecified atom stereocenters. The zero-order valence-electron chi connectivity index (χ0n) is 11.3. The van der Waals surface area contributed by atoms with E-state index in [1.54, 1.807) is 11.8 Å². The average molecular weight is 264 g/mol. The van der Waals surface area contributed by atoms with Crippen LogP contribution in [0.2, 0.25) is 0 Å². The van der Waals surface area contributed by atoms with Crippen LogP contribution in [-0.2, 0) is 0 Å². The second-order valence-corrected chi connectivity index (χ2v) is 4.99. The van der Waals surface area contributed by atoms with E-state index >= 15 is 0 Å². The number of carbonyl (C=O) groups excluding carboxylic acids is 1. The van der Waals surface area contributed by atoms with Gasteiger partial charge in [-0.05, 0) is 26.0 Å². The Kier molecular flexibility index (Phi) is 4.27. The van der Waals surface area contributed by atoms with Crippen molar-refractivity contribution in [2.24, 2.45) is 0 Å². The Bertz CT molecular complexity index is 425. The third kappa shape index (κ3) is 3.86. The normalized spacial score (nSPS) is 16.7. The van der Waals surface area contributed by atoms with Gasteiger partial charge in [-0.1, -0.05) is 17.7 Å². The fraction of sp³-hybridized carbons (Fsp3) is 0.500. The molecule has 5 heteroatoms. The number of rotatable bonds is 4. The van der Waals surface area contributed by atoms with Crippen molar-refractivity contribution in [2.75, 3.05) is 19.6 Å². The standard InChI is InChI=1S/C14H20N2O3/c1-10-3-5-12(6-4-10)19-13-8-16(9-13)14(18)15-7-11(2)17/h3-6,11,13,17H,7-9H2,1-2H3,(H,15,18). The first-order chi connectivity index (χ1) is 9.04. The molecule has 0 aromatic heterocycles. The lowest BCUT2D eigenvalue weighted by Gasteiger charge is -2.38. The van der Waals surface area contributed by atoms with Gasteiger partial charge in [0.15, 0.2) is 0 Å². The first-order valence-corrected chi connectivity index (χ1v) is 6.49. The first-order valence-electron chi connectivity index (χ1n) is 6.49. The number of benzene rings is 1. The maximum Gasteiger partial charge on any atom is 0.317 e. The molecule has 1 aromatic carbocycles. The van der Waals surface area contributed by atoms with E-state index in [0.29, 0.717) is 13.1 Å². The largest absolute Gasteiger partial charge is 0.487 e. The topological polar surface area (TPSA) is 61.8 Å². The third-order valence-electron chi connectivity index (χ3n) is 3.01. The van der Waals surface area contributed by atoms with Gasteiger partial charge in [0.1, 0.15) is 11.9 Å². The van der Waals surface area contributed by atoms with Crippen molar-refractivity contribution in [1.82, 2.24) is 10.2 Å². The smallest absolute Gasteiger partial charge is 0.317 e. The molecule has 2 amide bonds. The van der Waals surface area contributed by atoms with Gasteiger partial charge in [0.2, 0.25) is 0 Å². The maximum atomic E-state index is 11.6. The average Bonchev–Trinajstić information content (AvgIpc) is 2.32. The maximum absolute atomic E-state index is 11.6. The Morgan fingerprint density at radius 3 is 2.68 bits per heavy atom. The molecule has 0 saturated carbocycles. The van der Waals surface area contributed by atoms with Gasteiger partial charge in [-0.25, -0.2) is 4.79 Å². The van der Waals surface area contributed by atoms with Crippen LogP contribution in [0.15, 0.2) is 24.3 Å². The van der Waals surface area contributed by atoms with Gasteiger partial charge in [0.05, 0.1) is 19.2 Å². The number of amides is 2. The number of nitrogens with zero attached hydrogens (tertiary/aromatic N) is 1. The molecule has 104 valence electrons. The van der Waals surface area contributed by atoms with E-state index in [0.717, 1.165) is 5.75 Å². The molecular weight excluding hydrogens is 244 g/mol. The molecular formula is C14H20N2O3. The lowest BCUT2D eigenvalue weighted by molar-refractivity contribution is 0.0433. The van der Waals surface area contributed by atoms with Crippen LogP contribution in [0, 0.1) is 6.92 Å². The van der Waals surface area contributed by atoms with Crippen LogP contribution in [0.5, 0.6) is 5.75 Å². The van der Waals surface area contributed by atoms with Crippen LogP contribution in [0.25, 0.3) is 0 Å². The Labute approximate surface area is 113 Å². The molecule has 1 aliphatic heterocycles. The van der Waals surface area contributed by atoms with Gasteiger partial charge in [-0.3, -0.25) is 0 Å². The second kappa shape index (κ2) is 5.93. The summed E-state index contributed by atoms with van der Waals surface area (Å²) in [6, 6.07) is 7.73. The molecule has 0 bridgehead atoms. The van der Waals surface area contributed by atoms with E-state index in [1.165, 1.54) is 5.56 Å². The zero-order chi connectivity index (χ0) is 13.8. The number of aliphatic hydroxyl groups is 1. The predicted molar refractivity (Wildman–Crippen MR) is 72.2 cm³/mol. The highest BCUT2D eigenvalue weighted by Crippen LogP contribution is 2.18. The summed E-state index contributed by atoms with van der Waals surface area (Å²) in [5.74, 6) is 0.833. The summed E-state index contributed by atoms with van der Waals surface area (Å²) in [5, 5.41) is 11.7.